The Morgan fingerprint density at radius 1 is 1.06 bits per heavy atom. The molecule has 2 atom stereocenters. The minimum Gasteiger partial charge on any atom is -0.361 e. The van der Waals surface area contributed by atoms with Crippen LogP contribution in [0.25, 0.3) is 10.8 Å². The maximum absolute atomic E-state index is 12.6. The van der Waals surface area contributed by atoms with Crippen molar-refractivity contribution in [3.63, 3.8) is 0 Å². The largest absolute Gasteiger partial charge is 0.361 e. The van der Waals surface area contributed by atoms with Gasteiger partial charge in [-0.15, -0.1) is 0 Å². The first-order chi connectivity index (χ1) is 15.4. The Kier molecular flexibility index (Phi) is 7.33. The van der Waals surface area contributed by atoms with Gasteiger partial charge in [0.1, 0.15) is 24.1 Å². The highest BCUT2D eigenvalue weighted by Crippen LogP contribution is 2.18. The molecule has 0 aliphatic heterocycles. The van der Waals surface area contributed by atoms with Gasteiger partial charge in [-0.3, -0.25) is 14.4 Å². The summed E-state index contributed by atoms with van der Waals surface area (Å²) in [7, 11) is 0. The van der Waals surface area contributed by atoms with Crippen molar-refractivity contribution in [1.29, 1.82) is 0 Å². The standard InChI is InChI=1S/C23H24N4O5/c1-14-12-20(27-32-14)23(31)26-19(10-11-28)22(30)25-15(2)21(29)24-13-17-8-5-7-16-6-3-4-9-18(16)17/h3-9,11-12,15,19H,10,13H2,1-2H3,(H,24,29)(H,25,30)(H,26,31)/t15-,19-/m0/s1. The number of benzene rings is 2. The zero-order valence-corrected chi connectivity index (χ0v) is 17.8. The van der Waals surface area contributed by atoms with Gasteiger partial charge in [-0.05, 0) is 30.2 Å². The Labute approximate surface area is 184 Å². The molecule has 0 fully saturated rings. The molecule has 0 aliphatic carbocycles. The van der Waals surface area contributed by atoms with Crippen LogP contribution in [0.2, 0.25) is 0 Å². The van der Waals surface area contributed by atoms with E-state index in [-0.39, 0.29) is 12.1 Å². The van der Waals surface area contributed by atoms with Gasteiger partial charge in [0.05, 0.1) is 0 Å². The molecule has 32 heavy (non-hydrogen) atoms. The van der Waals surface area contributed by atoms with Gasteiger partial charge in [-0.2, -0.15) is 0 Å². The highest BCUT2D eigenvalue weighted by atomic mass is 16.5. The summed E-state index contributed by atoms with van der Waals surface area (Å²) in [5.41, 5.74) is 0.941. The van der Waals surface area contributed by atoms with Gasteiger partial charge in [0, 0.05) is 19.0 Å². The fourth-order valence-electron chi connectivity index (χ4n) is 3.19. The van der Waals surface area contributed by atoms with Crippen LogP contribution in [0.5, 0.6) is 0 Å². The molecular formula is C23H24N4O5. The number of carbonyl (C=O) groups is 4. The second-order valence-electron chi connectivity index (χ2n) is 7.34. The average molecular weight is 436 g/mol. The minimum absolute atomic E-state index is 0.00734. The number of fused-ring (bicyclic) bond motifs is 1. The van der Waals surface area contributed by atoms with Gasteiger partial charge in [0.15, 0.2) is 5.69 Å². The Morgan fingerprint density at radius 2 is 1.81 bits per heavy atom. The lowest BCUT2D eigenvalue weighted by Gasteiger charge is -2.19. The predicted octanol–water partition coefficient (Wildman–Crippen LogP) is 1.64. The fraction of sp³-hybridized carbons (Fsp3) is 0.261. The molecule has 9 heteroatoms. The Bertz CT molecular complexity index is 1130. The van der Waals surface area contributed by atoms with Crippen molar-refractivity contribution >= 4 is 34.8 Å². The van der Waals surface area contributed by atoms with Crippen LogP contribution in [0, 0.1) is 6.92 Å². The number of nitrogens with zero attached hydrogens (tertiary/aromatic N) is 1. The third kappa shape index (κ3) is 5.57. The Morgan fingerprint density at radius 3 is 2.53 bits per heavy atom. The van der Waals surface area contributed by atoms with Crippen LogP contribution in [-0.4, -0.2) is 41.2 Å². The zero-order valence-electron chi connectivity index (χ0n) is 17.8. The third-order valence-electron chi connectivity index (χ3n) is 4.90. The molecule has 166 valence electrons. The number of aldehydes is 1. The van der Waals surface area contributed by atoms with Crippen LogP contribution in [0.3, 0.4) is 0 Å². The number of hydrogen-bond donors (Lipinski definition) is 3. The van der Waals surface area contributed by atoms with Crippen molar-refractivity contribution in [2.45, 2.75) is 38.9 Å². The van der Waals surface area contributed by atoms with Gasteiger partial charge in [-0.25, -0.2) is 0 Å². The summed E-state index contributed by atoms with van der Waals surface area (Å²) in [6.45, 7) is 3.44. The normalized spacial score (nSPS) is 12.6. The molecule has 0 spiro atoms. The third-order valence-corrected chi connectivity index (χ3v) is 4.90. The summed E-state index contributed by atoms with van der Waals surface area (Å²) in [4.78, 5) is 48.3. The van der Waals surface area contributed by atoms with Crippen LogP contribution in [-0.2, 0) is 20.9 Å². The summed E-state index contributed by atoms with van der Waals surface area (Å²) in [6.07, 6.45) is 0.266. The fourth-order valence-corrected chi connectivity index (χ4v) is 3.19. The summed E-state index contributed by atoms with van der Waals surface area (Å²) >= 11 is 0. The number of nitrogens with one attached hydrogen (secondary N) is 3. The first-order valence-electron chi connectivity index (χ1n) is 10.1. The highest BCUT2D eigenvalue weighted by Gasteiger charge is 2.25. The smallest absolute Gasteiger partial charge is 0.274 e. The number of aromatic nitrogens is 1. The molecule has 2 aromatic carbocycles. The number of carbonyl (C=O) groups excluding carboxylic acids is 4. The van der Waals surface area contributed by atoms with E-state index in [1.54, 1.807) is 6.92 Å². The summed E-state index contributed by atoms with van der Waals surface area (Å²) in [5, 5.41) is 13.4. The number of amides is 3. The Balaban J connectivity index is 1.57. The molecular weight excluding hydrogens is 412 g/mol. The van der Waals surface area contributed by atoms with E-state index in [4.69, 9.17) is 4.52 Å². The molecule has 3 N–H and O–H groups in total. The maximum Gasteiger partial charge on any atom is 0.274 e. The molecule has 0 saturated heterocycles. The van der Waals surface area contributed by atoms with E-state index in [0.29, 0.717) is 18.6 Å². The first kappa shape index (κ1) is 22.7. The molecule has 9 nitrogen and oxygen atoms in total. The van der Waals surface area contributed by atoms with Crippen molar-refractivity contribution in [3.8, 4) is 0 Å². The average Bonchev–Trinajstić information content (AvgIpc) is 3.23. The molecule has 1 heterocycles. The molecule has 0 aliphatic rings. The molecule has 3 amide bonds. The molecule has 3 aromatic rings. The molecule has 0 bridgehead atoms. The monoisotopic (exact) mass is 436 g/mol. The van der Waals surface area contributed by atoms with E-state index in [2.05, 4.69) is 21.1 Å². The van der Waals surface area contributed by atoms with E-state index in [1.165, 1.54) is 13.0 Å². The highest BCUT2D eigenvalue weighted by molar-refractivity contribution is 5.98. The van der Waals surface area contributed by atoms with Gasteiger partial charge in [0.2, 0.25) is 11.8 Å². The van der Waals surface area contributed by atoms with E-state index in [9.17, 15) is 19.2 Å². The first-order valence-corrected chi connectivity index (χ1v) is 10.1. The quantitative estimate of drug-likeness (QED) is 0.437. The lowest BCUT2D eigenvalue weighted by molar-refractivity contribution is -0.130. The Hall–Kier alpha value is -4.01. The SMILES string of the molecule is Cc1cc(C(=O)N[C@@H](CC=O)C(=O)N[C@@H](C)C(=O)NCc2cccc3ccccc23)no1. The van der Waals surface area contributed by atoms with Gasteiger partial charge >= 0.3 is 0 Å². The predicted molar refractivity (Wildman–Crippen MR) is 117 cm³/mol. The summed E-state index contributed by atoms with van der Waals surface area (Å²) in [5.74, 6) is -1.27. The topological polar surface area (TPSA) is 130 Å². The van der Waals surface area contributed by atoms with Crippen LogP contribution >= 0.6 is 0 Å². The van der Waals surface area contributed by atoms with Gasteiger partial charge in [-0.1, -0.05) is 47.6 Å². The van der Waals surface area contributed by atoms with E-state index < -0.39 is 29.8 Å². The van der Waals surface area contributed by atoms with Crippen molar-refractivity contribution < 1.29 is 23.7 Å². The van der Waals surface area contributed by atoms with Crippen molar-refractivity contribution in [1.82, 2.24) is 21.1 Å². The molecule has 1 aromatic heterocycles. The van der Waals surface area contributed by atoms with Crippen molar-refractivity contribution in [2.75, 3.05) is 0 Å². The lowest BCUT2D eigenvalue weighted by Crippen LogP contribution is -2.52. The molecule has 0 saturated carbocycles. The molecule has 0 unspecified atom stereocenters. The minimum atomic E-state index is -1.15. The van der Waals surface area contributed by atoms with E-state index >= 15 is 0 Å². The summed E-state index contributed by atoms with van der Waals surface area (Å²) < 4.78 is 4.84. The second kappa shape index (κ2) is 10.3. The van der Waals surface area contributed by atoms with Crippen LogP contribution in [0.1, 0.15) is 35.2 Å². The number of hydrogen-bond acceptors (Lipinski definition) is 6. The summed E-state index contributed by atoms with van der Waals surface area (Å²) in [6, 6.07) is 13.1. The van der Waals surface area contributed by atoms with Crippen LogP contribution in [0.4, 0.5) is 0 Å². The van der Waals surface area contributed by atoms with Gasteiger partial charge < -0.3 is 25.3 Å². The van der Waals surface area contributed by atoms with Crippen LogP contribution in [0.15, 0.2) is 53.1 Å². The van der Waals surface area contributed by atoms with E-state index in [1.807, 2.05) is 42.5 Å². The van der Waals surface area contributed by atoms with Crippen molar-refractivity contribution in [2.24, 2.45) is 0 Å². The maximum atomic E-state index is 12.6. The second-order valence-corrected chi connectivity index (χ2v) is 7.34. The van der Waals surface area contributed by atoms with E-state index in [0.717, 1.165) is 16.3 Å². The molecule has 3 rings (SSSR count). The van der Waals surface area contributed by atoms with Gasteiger partial charge in [0.25, 0.3) is 5.91 Å². The lowest BCUT2D eigenvalue weighted by atomic mass is 10.0. The zero-order chi connectivity index (χ0) is 23.1. The van der Waals surface area contributed by atoms with Crippen molar-refractivity contribution in [3.05, 3.63) is 65.5 Å². The number of aryl methyl sites for hydroxylation is 1. The number of rotatable bonds is 9. The molecule has 0 radical (unpaired) electrons. The van der Waals surface area contributed by atoms with Crippen LogP contribution < -0.4 is 16.0 Å².